The first-order valence-electron chi connectivity index (χ1n) is 10.1. The Kier molecular flexibility index (Phi) is 10.8. The maximum Gasteiger partial charge on any atom is 0.175 e. The molecule has 0 aromatic heterocycles. The van der Waals surface area contributed by atoms with Crippen LogP contribution >= 0.6 is 27.5 Å². The Bertz CT molecular complexity index is 724. The molecule has 0 saturated carbocycles. The lowest BCUT2D eigenvalue weighted by atomic mass is 10.1. The smallest absolute Gasteiger partial charge is 0.175 e. The third-order valence-corrected chi connectivity index (χ3v) is 5.42. The quantitative estimate of drug-likeness (QED) is 0.317. The SMILES string of the molecule is CCCCCCCCNCc1cc(Br)c(OCc2cccc(Cl)c2)c(OC)c1. The van der Waals surface area contributed by atoms with Crippen LogP contribution in [0.1, 0.15) is 56.6 Å². The predicted octanol–water partition coefficient (Wildman–Crippen LogP) is 7.14. The van der Waals surface area contributed by atoms with Crippen LogP contribution in [-0.4, -0.2) is 13.7 Å². The summed E-state index contributed by atoms with van der Waals surface area (Å²) in [5, 5.41) is 4.23. The molecule has 3 nitrogen and oxygen atoms in total. The molecule has 0 amide bonds. The van der Waals surface area contributed by atoms with Crippen LogP contribution in [0, 0.1) is 0 Å². The Labute approximate surface area is 182 Å². The number of methoxy groups -OCH3 is 1. The predicted molar refractivity (Wildman–Crippen MR) is 122 cm³/mol. The van der Waals surface area contributed by atoms with Crippen molar-refractivity contribution < 1.29 is 9.47 Å². The minimum absolute atomic E-state index is 0.436. The zero-order valence-electron chi connectivity index (χ0n) is 16.9. The van der Waals surface area contributed by atoms with Crippen LogP contribution in [0.4, 0.5) is 0 Å². The van der Waals surface area contributed by atoms with Crippen molar-refractivity contribution >= 4 is 27.5 Å². The van der Waals surface area contributed by atoms with Crippen molar-refractivity contribution in [3.8, 4) is 11.5 Å². The van der Waals surface area contributed by atoms with Gasteiger partial charge in [-0.2, -0.15) is 0 Å². The van der Waals surface area contributed by atoms with Gasteiger partial charge >= 0.3 is 0 Å². The van der Waals surface area contributed by atoms with Gasteiger partial charge in [0.25, 0.3) is 0 Å². The minimum Gasteiger partial charge on any atom is -0.493 e. The van der Waals surface area contributed by atoms with E-state index in [-0.39, 0.29) is 0 Å². The van der Waals surface area contributed by atoms with E-state index in [9.17, 15) is 0 Å². The number of benzene rings is 2. The normalized spacial score (nSPS) is 10.9. The highest BCUT2D eigenvalue weighted by Crippen LogP contribution is 2.37. The second-order valence-corrected chi connectivity index (χ2v) is 8.26. The molecule has 0 aliphatic rings. The van der Waals surface area contributed by atoms with E-state index >= 15 is 0 Å². The highest BCUT2D eigenvalue weighted by atomic mass is 79.9. The molecule has 28 heavy (non-hydrogen) atoms. The third kappa shape index (κ3) is 8.02. The topological polar surface area (TPSA) is 30.5 Å². The van der Waals surface area contributed by atoms with Gasteiger partial charge in [0, 0.05) is 11.6 Å². The Hall–Kier alpha value is -1.23. The van der Waals surface area contributed by atoms with Gasteiger partial charge < -0.3 is 14.8 Å². The molecule has 0 saturated heterocycles. The summed E-state index contributed by atoms with van der Waals surface area (Å²) in [6.45, 7) is 4.55. The van der Waals surface area contributed by atoms with Crippen molar-refractivity contribution in [2.75, 3.05) is 13.7 Å². The van der Waals surface area contributed by atoms with Gasteiger partial charge in [-0.05, 0) is 64.3 Å². The Morgan fingerprint density at radius 2 is 1.79 bits per heavy atom. The van der Waals surface area contributed by atoms with Gasteiger partial charge in [0.05, 0.1) is 11.6 Å². The molecule has 0 heterocycles. The summed E-state index contributed by atoms with van der Waals surface area (Å²) in [5.74, 6) is 1.44. The number of nitrogens with one attached hydrogen (secondary N) is 1. The highest BCUT2D eigenvalue weighted by Gasteiger charge is 2.12. The molecule has 0 aliphatic carbocycles. The number of hydrogen-bond acceptors (Lipinski definition) is 3. The number of hydrogen-bond donors (Lipinski definition) is 1. The van der Waals surface area contributed by atoms with Crippen molar-refractivity contribution in [3.63, 3.8) is 0 Å². The second kappa shape index (κ2) is 13.1. The average Bonchev–Trinajstić information content (AvgIpc) is 2.69. The van der Waals surface area contributed by atoms with Gasteiger partial charge in [0.1, 0.15) is 6.61 Å². The maximum atomic E-state index is 6.04. The third-order valence-electron chi connectivity index (χ3n) is 4.60. The summed E-state index contributed by atoms with van der Waals surface area (Å²) < 4.78 is 12.4. The molecular weight excluding hydrogens is 438 g/mol. The molecule has 2 aromatic rings. The van der Waals surface area contributed by atoms with Crippen LogP contribution in [0.2, 0.25) is 5.02 Å². The average molecular weight is 469 g/mol. The monoisotopic (exact) mass is 467 g/mol. The first-order valence-corrected chi connectivity index (χ1v) is 11.3. The van der Waals surface area contributed by atoms with Crippen LogP contribution in [0.3, 0.4) is 0 Å². The zero-order valence-corrected chi connectivity index (χ0v) is 19.2. The first kappa shape index (κ1) is 23.1. The van der Waals surface area contributed by atoms with E-state index in [1.54, 1.807) is 7.11 Å². The summed E-state index contributed by atoms with van der Waals surface area (Å²) >= 11 is 9.67. The molecule has 0 fully saturated rings. The van der Waals surface area contributed by atoms with Gasteiger partial charge in [0.2, 0.25) is 0 Å². The lowest BCUT2D eigenvalue weighted by Crippen LogP contribution is -2.14. The summed E-state index contributed by atoms with van der Waals surface area (Å²) in [6.07, 6.45) is 7.88. The molecule has 0 radical (unpaired) electrons. The Balaban J connectivity index is 1.84. The van der Waals surface area contributed by atoms with Crippen molar-refractivity contribution in [2.45, 2.75) is 58.6 Å². The van der Waals surface area contributed by atoms with Crippen molar-refractivity contribution in [2.24, 2.45) is 0 Å². The number of rotatable bonds is 13. The molecule has 0 aliphatic heterocycles. The number of halogens is 2. The standard InChI is InChI=1S/C23H31BrClNO2/c1-3-4-5-6-7-8-12-26-16-19-14-21(24)23(22(15-19)27-2)28-17-18-10-9-11-20(25)13-18/h9-11,13-15,26H,3-8,12,16-17H2,1-2H3. The van der Waals surface area contributed by atoms with Crippen LogP contribution in [0.5, 0.6) is 11.5 Å². The van der Waals surface area contributed by atoms with E-state index in [1.165, 1.54) is 44.1 Å². The molecule has 0 spiro atoms. The number of unbranched alkanes of at least 4 members (excludes halogenated alkanes) is 5. The first-order chi connectivity index (χ1) is 13.6. The van der Waals surface area contributed by atoms with E-state index in [0.717, 1.165) is 28.9 Å². The van der Waals surface area contributed by atoms with Crippen LogP contribution in [0.25, 0.3) is 0 Å². The molecule has 2 rings (SSSR count). The lowest BCUT2D eigenvalue weighted by Gasteiger charge is -2.15. The molecule has 0 bridgehead atoms. The molecular formula is C23H31BrClNO2. The Morgan fingerprint density at radius 1 is 1.00 bits per heavy atom. The lowest BCUT2D eigenvalue weighted by molar-refractivity contribution is 0.282. The van der Waals surface area contributed by atoms with Gasteiger partial charge in [-0.1, -0.05) is 62.8 Å². The van der Waals surface area contributed by atoms with Gasteiger partial charge in [0.15, 0.2) is 11.5 Å². The highest BCUT2D eigenvalue weighted by molar-refractivity contribution is 9.10. The molecule has 2 aromatic carbocycles. The van der Waals surface area contributed by atoms with Crippen molar-refractivity contribution in [3.05, 3.63) is 57.0 Å². The fourth-order valence-electron chi connectivity index (χ4n) is 3.06. The van der Waals surface area contributed by atoms with Crippen molar-refractivity contribution in [1.29, 1.82) is 0 Å². The fourth-order valence-corrected chi connectivity index (χ4v) is 3.88. The van der Waals surface area contributed by atoms with Gasteiger partial charge in [-0.3, -0.25) is 0 Å². The molecule has 1 N–H and O–H groups in total. The van der Waals surface area contributed by atoms with Gasteiger partial charge in [-0.15, -0.1) is 0 Å². The minimum atomic E-state index is 0.436. The largest absolute Gasteiger partial charge is 0.493 e. The summed E-state index contributed by atoms with van der Waals surface area (Å²) in [4.78, 5) is 0. The van der Waals surface area contributed by atoms with E-state index in [1.807, 2.05) is 30.3 Å². The van der Waals surface area contributed by atoms with E-state index < -0.39 is 0 Å². The van der Waals surface area contributed by atoms with E-state index in [4.69, 9.17) is 21.1 Å². The zero-order chi connectivity index (χ0) is 20.2. The van der Waals surface area contributed by atoms with E-state index in [2.05, 4.69) is 34.2 Å². The van der Waals surface area contributed by atoms with Crippen LogP contribution < -0.4 is 14.8 Å². The number of ether oxygens (including phenoxy) is 2. The maximum absolute atomic E-state index is 6.04. The van der Waals surface area contributed by atoms with Crippen LogP contribution in [-0.2, 0) is 13.2 Å². The van der Waals surface area contributed by atoms with E-state index in [0.29, 0.717) is 17.4 Å². The molecule has 0 atom stereocenters. The molecule has 0 unspecified atom stereocenters. The molecule has 5 heteroatoms. The van der Waals surface area contributed by atoms with Gasteiger partial charge in [-0.25, -0.2) is 0 Å². The summed E-state index contributed by atoms with van der Waals surface area (Å²) in [7, 11) is 1.67. The Morgan fingerprint density at radius 3 is 2.54 bits per heavy atom. The van der Waals surface area contributed by atoms with Crippen LogP contribution in [0.15, 0.2) is 40.9 Å². The second-order valence-electron chi connectivity index (χ2n) is 6.97. The summed E-state index contributed by atoms with van der Waals surface area (Å²) in [5.41, 5.74) is 2.19. The fraction of sp³-hybridized carbons (Fsp3) is 0.478. The summed E-state index contributed by atoms with van der Waals surface area (Å²) in [6, 6.07) is 11.8. The van der Waals surface area contributed by atoms with Crippen molar-refractivity contribution in [1.82, 2.24) is 5.32 Å². The molecule has 154 valence electrons.